The molecule has 0 bridgehead atoms. The molecule has 0 aliphatic carbocycles. The topological polar surface area (TPSA) is 53.4 Å². The second-order valence-electron chi connectivity index (χ2n) is 4.59. The van der Waals surface area contributed by atoms with Gasteiger partial charge in [-0.15, -0.1) is 0 Å². The number of aromatic hydroxyl groups is 2. The summed E-state index contributed by atoms with van der Waals surface area (Å²) in [5.74, 6) is 0.0663. The third-order valence-corrected chi connectivity index (χ3v) is 3.10. The predicted octanol–water partition coefficient (Wildman–Crippen LogP) is 3.62. The van der Waals surface area contributed by atoms with Crippen molar-refractivity contribution in [3.63, 3.8) is 0 Å². The average Bonchev–Trinajstić information content (AvgIpc) is 2.38. The normalized spacial score (nSPS) is 10.8. The van der Waals surface area contributed by atoms with Crippen LogP contribution in [0.2, 0.25) is 0 Å². The lowest BCUT2D eigenvalue weighted by Crippen LogP contribution is -1.86. The van der Waals surface area contributed by atoms with E-state index in [1.165, 1.54) is 17.7 Å². The van der Waals surface area contributed by atoms with E-state index < -0.39 is 0 Å². The first-order valence-electron chi connectivity index (χ1n) is 6.03. The Morgan fingerprint density at radius 3 is 2.53 bits per heavy atom. The maximum atomic E-state index is 9.86. The van der Waals surface area contributed by atoms with Crippen molar-refractivity contribution < 1.29 is 10.2 Å². The van der Waals surface area contributed by atoms with Gasteiger partial charge in [-0.25, -0.2) is 4.98 Å². The molecule has 0 saturated carbocycles. The molecule has 2 aromatic carbocycles. The largest absolute Gasteiger partial charge is 0.508 e. The number of phenols is 2. The highest BCUT2D eigenvalue weighted by atomic mass is 16.3. The number of phenolic OH excluding ortho intramolecular Hbond substituents is 2. The van der Waals surface area contributed by atoms with E-state index in [9.17, 15) is 10.2 Å². The van der Waals surface area contributed by atoms with Crippen LogP contribution in [0.1, 0.15) is 5.56 Å². The molecule has 94 valence electrons. The monoisotopic (exact) mass is 251 g/mol. The van der Waals surface area contributed by atoms with Crippen molar-refractivity contribution in [1.29, 1.82) is 0 Å². The molecule has 3 heteroatoms. The fourth-order valence-electron chi connectivity index (χ4n) is 2.13. The fourth-order valence-corrected chi connectivity index (χ4v) is 2.13. The van der Waals surface area contributed by atoms with Crippen LogP contribution in [-0.2, 0) is 0 Å². The summed E-state index contributed by atoms with van der Waals surface area (Å²) in [6, 6.07) is 14.4. The molecule has 0 atom stereocenters. The summed E-state index contributed by atoms with van der Waals surface area (Å²) < 4.78 is 0. The van der Waals surface area contributed by atoms with Crippen LogP contribution in [0.15, 0.2) is 48.5 Å². The van der Waals surface area contributed by atoms with E-state index in [1.807, 2.05) is 31.2 Å². The molecule has 3 aromatic rings. The average molecular weight is 251 g/mol. The van der Waals surface area contributed by atoms with Crippen LogP contribution >= 0.6 is 0 Å². The molecule has 0 unspecified atom stereocenters. The Kier molecular flexibility index (Phi) is 2.60. The van der Waals surface area contributed by atoms with Crippen LogP contribution in [0.3, 0.4) is 0 Å². The van der Waals surface area contributed by atoms with E-state index in [1.54, 1.807) is 6.07 Å². The molecule has 0 radical (unpaired) electrons. The van der Waals surface area contributed by atoms with Crippen LogP contribution in [0.25, 0.3) is 22.2 Å². The van der Waals surface area contributed by atoms with Gasteiger partial charge in [0, 0.05) is 17.0 Å². The quantitative estimate of drug-likeness (QED) is 0.694. The highest BCUT2D eigenvalue weighted by Crippen LogP contribution is 2.31. The number of benzene rings is 2. The van der Waals surface area contributed by atoms with Crippen molar-refractivity contribution in [2.45, 2.75) is 6.92 Å². The number of pyridine rings is 1. The van der Waals surface area contributed by atoms with Crippen LogP contribution < -0.4 is 0 Å². The summed E-state index contributed by atoms with van der Waals surface area (Å²) in [4.78, 5) is 4.54. The molecule has 0 amide bonds. The van der Waals surface area contributed by atoms with Gasteiger partial charge in [-0.2, -0.15) is 0 Å². The molecule has 3 nitrogen and oxygen atoms in total. The summed E-state index contributed by atoms with van der Waals surface area (Å²) in [6.45, 7) is 2.04. The van der Waals surface area contributed by atoms with Gasteiger partial charge in [-0.3, -0.25) is 0 Å². The number of hydrogen-bond acceptors (Lipinski definition) is 3. The summed E-state index contributed by atoms with van der Waals surface area (Å²) in [7, 11) is 0. The molecule has 0 aliphatic rings. The Labute approximate surface area is 110 Å². The van der Waals surface area contributed by atoms with E-state index in [-0.39, 0.29) is 11.5 Å². The lowest BCUT2D eigenvalue weighted by Gasteiger charge is -2.06. The van der Waals surface area contributed by atoms with Crippen LogP contribution in [0.4, 0.5) is 0 Å². The zero-order chi connectivity index (χ0) is 13.4. The van der Waals surface area contributed by atoms with E-state index in [0.29, 0.717) is 11.3 Å². The Hall–Kier alpha value is -2.55. The molecule has 0 saturated heterocycles. The van der Waals surface area contributed by atoms with Gasteiger partial charge in [0.15, 0.2) is 0 Å². The highest BCUT2D eigenvalue weighted by Gasteiger charge is 2.07. The minimum atomic E-state index is 0.0268. The maximum Gasteiger partial charge on any atom is 0.128 e. The Bertz CT molecular complexity index is 766. The van der Waals surface area contributed by atoms with Crippen molar-refractivity contribution in [3.05, 3.63) is 54.1 Å². The van der Waals surface area contributed by atoms with Gasteiger partial charge in [-0.1, -0.05) is 17.7 Å². The molecule has 0 spiro atoms. The van der Waals surface area contributed by atoms with Crippen LogP contribution in [0, 0.1) is 6.92 Å². The third kappa shape index (κ3) is 2.10. The van der Waals surface area contributed by atoms with Gasteiger partial charge >= 0.3 is 0 Å². The van der Waals surface area contributed by atoms with Crippen molar-refractivity contribution in [2.75, 3.05) is 0 Å². The first-order valence-corrected chi connectivity index (χ1v) is 6.03. The van der Waals surface area contributed by atoms with Crippen molar-refractivity contribution in [1.82, 2.24) is 4.98 Å². The fraction of sp³-hybridized carbons (Fsp3) is 0.0625. The highest BCUT2D eigenvalue weighted by molar-refractivity contribution is 5.83. The Morgan fingerprint density at radius 2 is 1.74 bits per heavy atom. The number of aromatic nitrogens is 1. The second kappa shape index (κ2) is 4.28. The molecule has 3 rings (SSSR count). The Balaban J connectivity index is 2.17. The summed E-state index contributed by atoms with van der Waals surface area (Å²) in [5, 5.41) is 20.2. The van der Waals surface area contributed by atoms with Crippen LogP contribution in [0.5, 0.6) is 11.5 Å². The third-order valence-electron chi connectivity index (χ3n) is 3.10. The number of hydrogen-bond donors (Lipinski definition) is 2. The SMILES string of the molecule is Cc1ccc2nc(-c3ccc(O)cc3O)ccc2c1. The molecule has 19 heavy (non-hydrogen) atoms. The van der Waals surface area contributed by atoms with Gasteiger partial charge in [0.1, 0.15) is 11.5 Å². The second-order valence-corrected chi connectivity index (χ2v) is 4.59. The van der Waals surface area contributed by atoms with E-state index >= 15 is 0 Å². The zero-order valence-corrected chi connectivity index (χ0v) is 10.5. The standard InChI is InChI=1S/C16H13NO2/c1-10-2-6-14-11(8-10)3-7-15(17-14)13-5-4-12(18)9-16(13)19/h2-9,18-19H,1H3. The molecule has 0 fully saturated rings. The zero-order valence-electron chi connectivity index (χ0n) is 10.5. The molecular weight excluding hydrogens is 238 g/mol. The number of aryl methyl sites for hydroxylation is 1. The molecular formula is C16H13NO2. The first kappa shape index (κ1) is 11.5. The van der Waals surface area contributed by atoms with E-state index in [0.717, 1.165) is 10.9 Å². The van der Waals surface area contributed by atoms with Gasteiger partial charge < -0.3 is 10.2 Å². The summed E-state index contributed by atoms with van der Waals surface area (Å²) in [5.41, 5.74) is 3.37. The van der Waals surface area contributed by atoms with E-state index in [2.05, 4.69) is 11.1 Å². The van der Waals surface area contributed by atoms with Crippen molar-refractivity contribution in [3.8, 4) is 22.8 Å². The van der Waals surface area contributed by atoms with Gasteiger partial charge in [0.2, 0.25) is 0 Å². The minimum absolute atomic E-state index is 0.0268. The van der Waals surface area contributed by atoms with Crippen molar-refractivity contribution in [2.24, 2.45) is 0 Å². The lowest BCUT2D eigenvalue weighted by molar-refractivity contribution is 0.452. The maximum absolute atomic E-state index is 9.86. The molecule has 1 heterocycles. The van der Waals surface area contributed by atoms with Gasteiger partial charge in [0.25, 0.3) is 0 Å². The molecule has 1 aromatic heterocycles. The molecule has 2 N–H and O–H groups in total. The predicted molar refractivity (Wildman–Crippen MR) is 75.2 cm³/mol. The van der Waals surface area contributed by atoms with Gasteiger partial charge in [-0.05, 0) is 37.3 Å². The molecule has 0 aliphatic heterocycles. The van der Waals surface area contributed by atoms with Crippen LogP contribution in [-0.4, -0.2) is 15.2 Å². The minimum Gasteiger partial charge on any atom is -0.508 e. The van der Waals surface area contributed by atoms with Gasteiger partial charge in [0.05, 0.1) is 11.2 Å². The summed E-state index contributed by atoms with van der Waals surface area (Å²) >= 11 is 0. The number of rotatable bonds is 1. The number of nitrogens with zero attached hydrogens (tertiary/aromatic N) is 1. The van der Waals surface area contributed by atoms with Crippen molar-refractivity contribution >= 4 is 10.9 Å². The van der Waals surface area contributed by atoms with E-state index in [4.69, 9.17) is 0 Å². The lowest BCUT2D eigenvalue weighted by atomic mass is 10.1. The smallest absolute Gasteiger partial charge is 0.128 e. The first-order chi connectivity index (χ1) is 9.13. The number of fused-ring (bicyclic) bond motifs is 1. The summed E-state index contributed by atoms with van der Waals surface area (Å²) in [6.07, 6.45) is 0. The Morgan fingerprint density at radius 1 is 0.895 bits per heavy atom.